The van der Waals surface area contributed by atoms with E-state index < -0.39 is 5.92 Å². The molecule has 136 valence electrons. The van der Waals surface area contributed by atoms with E-state index in [1.54, 1.807) is 11.3 Å². The largest absolute Gasteiger partial charge is 0.466 e. The summed E-state index contributed by atoms with van der Waals surface area (Å²) in [5.41, 5.74) is 0.947. The standard InChI is InChI=1S/C18H23NO4S2/c1-3-9-22-16(20)11-13(17(21)23-10-4-2)12-24-18-19-14-7-5-6-8-15(14)25-18/h5-8,13H,3-4,9-12H2,1-2H3. The number of hydrogen-bond acceptors (Lipinski definition) is 7. The van der Waals surface area contributed by atoms with Gasteiger partial charge in [0.15, 0.2) is 4.34 Å². The monoisotopic (exact) mass is 381 g/mol. The van der Waals surface area contributed by atoms with Crippen LogP contribution in [0.5, 0.6) is 0 Å². The molecule has 0 aliphatic heterocycles. The number of carbonyl (C=O) groups is 2. The lowest BCUT2D eigenvalue weighted by molar-refractivity contribution is -0.154. The zero-order valence-electron chi connectivity index (χ0n) is 14.5. The summed E-state index contributed by atoms with van der Waals surface area (Å²) in [4.78, 5) is 28.7. The van der Waals surface area contributed by atoms with Gasteiger partial charge in [0.2, 0.25) is 0 Å². The van der Waals surface area contributed by atoms with E-state index in [0.29, 0.717) is 19.0 Å². The van der Waals surface area contributed by atoms with Crippen LogP contribution in [0.3, 0.4) is 0 Å². The summed E-state index contributed by atoms with van der Waals surface area (Å²) in [5.74, 6) is -0.772. The van der Waals surface area contributed by atoms with Crippen LogP contribution in [0, 0.1) is 5.92 Å². The van der Waals surface area contributed by atoms with Gasteiger partial charge in [0, 0.05) is 5.75 Å². The lowest BCUT2D eigenvalue weighted by Crippen LogP contribution is -2.24. The fourth-order valence-corrected chi connectivity index (χ4v) is 4.26. The Labute approximate surface area is 156 Å². The number of para-hydroxylation sites is 1. The van der Waals surface area contributed by atoms with Crippen LogP contribution in [0.1, 0.15) is 33.1 Å². The highest BCUT2D eigenvalue weighted by molar-refractivity contribution is 8.01. The first kappa shape index (κ1) is 19.7. The van der Waals surface area contributed by atoms with Gasteiger partial charge in [-0.15, -0.1) is 11.3 Å². The Morgan fingerprint density at radius 2 is 1.88 bits per heavy atom. The van der Waals surface area contributed by atoms with Gasteiger partial charge in [0.1, 0.15) is 0 Å². The maximum Gasteiger partial charge on any atom is 0.310 e. The van der Waals surface area contributed by atoms with Gasteiger partial charge in [-0.1, -0.05) is 37.7 Å². The third kappa shape index (κ3) is 6.32. The molecular weight excluding hydrogens is 358 g/mol. The summed E-state index contributed by atoms with van der Waals surface area (Å²) in [7, 11) is 0. The Balaban J connectivity index is 1.98. The van der Waals surface area contributed by atoms with E-state index in [0.717, 1.165) is 27.4 Å². The van der Waals surface area contributed by atoms with Gasteiger partial charge in [0.25, 0.3) is 0 Å². The smallest absolute Gasteiger partial charge is 0.310 e. The molecule has 1 unspecified atom stereocenters. The number of hydrogen-bond donors (Lipinski definition) is 0. The summed E-state index contributed by atoms with van der Waals surface area (Å²) < 4.78 is 12.3. The van der Waals surface area contributed by atoms with Gasteiger partial charge in [-0.3, -0.25) is 9.59 Å². The molecule has 0 fully saturated rings. The van der Waals surface area contributed by atoms with Crippen molar-refractivity contribution in [2.45, 2.75) is 37.4 Å². The molecule has 1 aromatic heterocycles. The molecular formula is C18H23NO4S2. The minimum atomic E-state index is -0.520. The number of thiazole rings is 1. The Morgan fingerprint density at radius 1 is 1.16 bits per heavy atom. The van der Waals surface area contributed by atoms with Gasteiger partial charge < -0.3 is 9.47 Å². The Morgan fingerprint density at radius 3 is 2.60 bits per heavy atom. The average Bonchev–Trinajstić information content (AvgIpc) is 3.04. The molecule has 7 heteroatoms. The van der Waals surface area contributed by atoms with Crippen LogP contribution < -0.4 is 0 Å². The van der Waals surface area contributed by atoms with Crippen LogP contribution in [0.15, 0.2) is 28.6 Å². The van der Waals surface area contributed by atoms with E-state index in [-0.39, 0.29) is 18.4 Å². The molecule has 2 aromatic rings. The molecule has 0 aliphatic rings. The van der Waals surface area contributed by atoms with E-state index in [1.807, 2.05) is 38.1 Å². The first-order valence-electron chi connectivity index (χ1n) is 8.44. The lowest BCUT2D eigenvalue weighted by Gasteiger charge is -2.14. The summed E-state index contributed by atoms with van der Waals surface area (Å²) in [5, 5.41) is 0. The highest BCUT2D eigenvalue weighted by Gasteiger charge is 2.25. The summed E-state index contributed by atoms with van der Waals surface area (Å²) in [6, 6.07) is 7.91. The number of benzene rings is 1. The number of thioether (sulfide) groups is 1. The Kier molecular flexibility index (Phi) is 8.21. The maximum absolute atomic E-state index is 12.2. The van der Waals surface area contributed by atoms with E-state index in [4.69, 9.17) is 9.47 Å². The topological polar surface area (TPSA) is 65.5 Å². The summed E-state index contributed by atoms with van der Waals surface area (Å²) in [6.45, 7) is 4.61. The third-order valence-electron chi connectivity index (χ3n) is 3.34. The average molecular weight is 382 g/mol. The number of esters is 2. The van der Waals surface area contributed by atoms with E-state index in [1.165, 1.54) is 11.8 Å². The molecule has 1 heterocycles. The highest BCUT2D eigenvalue weighted by Crippen LogP contribution is 2.31. The lowest BCUT2D eigenvalue weighted by atomic mass is 10.1. The Bertz CT molecular complexity index is 668. The van der Waals surface area contributed by atoms with E-state index in [2.05, 4.69) is 4.98 Å². The first-order chi connectivity index (χ1) is 12.1. The molecule has 5 nitrogen and oxygen atoms in total. The molecule has 0 bridgehead atoms. The van der Waals surface area contributed by atoms with Crippen molar-refractivity contribution in [3.05, 3.63) is 24.3 Å². The predicted octanol–water partition coefficient (Wildman–Crippen LogP) is 4.30. The SMILES string of the molecule is CCCOC(=O)CC(CSc1nc2ccccc2s1)C(=O)OCCC. The van der Waals surface area contributed by atoms with Gasteiger partial charge >= 0.3 is 11.9 Å². The quantitative estimate of drug-likeness (QED) is 0.451. The van der Waals surface area contributed by atoms with E-state index in [9.17, 15) is 9.59 Å². The minimum Gasteiger partial charge on any atom is -0.466 e. The number of ether oxygens (including phenoxy) is 2. The Hall–Kier alpha value is -1.60. The van der Waals surface area contributed by atoms with Crippen LogP contribution in [0.4, 0.5) is 0 Å². The van der Waals surface area contributed by atoms with Gasteiger partial charge in [-0.25, -0.2) is 4.98 Å². The van der Waals surface area contributed by atoms with Crippen molar-refractivity contribution >= 4 is 45.3 Å². The van der Waals surface area contributed by atoms with Crippen molar-refractivity contribution in [2.24, 2.45) is 5.92 Å². The summed E-state index contributed by atoms with van der Waals surface area (Å²) in [6.07, 6.45) is 1.56. The highest BCUT2D eigenvalue weighted by atomic mass is 32.2. The molecule has 1 aromatic carbocycles. The van der Waals surface area contributed by atoms with Crippen molar-refractivity contribution in [2.75, 3.05) is 19.0 Å². The normalized spacial score (nSPS) is 12.1. The van der Waals surface area contributed by atoms with Crippen molar-refractivity contribution in [1.29, 1.82) is 0 Å². The summed E-state index contributed by atoms with van der Waals surface area (Å²) >= 11 is 3.07. The number of nitrogens with zero attached hydrogens (tertiary/aromatic N) is 1. The van der Waals surface area contributed by atoms with E-state index >= 15 is 0 Å². The molecule has 0 amide bonds. The second-order valence-electron chi connectivity index (χ2n) is 5.55. The third-order valence-corrected chi connectivity index (χ3v) is 5.69. The molecule has 0 radical (unpaired) electrons. The zero-order chi connectivity index (χ0) is 18.1. The molecule has 0 spiro atoms. The zero-order valence-corrected chi connectivity index (χ0v) is 16.2. The number of rotatable bonds is 10. The van der Waals surface area contributed by atoms with Crippen molar-refractivity contribution in [3.63, 3.8) is 0 Å². The molecule has 0 aliphatic carbocycles. The minimum absolute atomic E-state index is 0.0421. The second kappa shape index (κ2) is 10.4. The first-order valence-corrected chi connectivity index (χ1v) is 10.2. The van der Waals surface area contributed by atoms with Crippen LogP contribution in [-0.4, -0.2) is 35.9 Å². The predicted molar refractivity (Wildman–Crippen MR) is 101 cm³/mol. The van der Waals surface area contributed by atoms with Gasteiger partial charge in [0.05, 0.1) is 35.8 Å². The van der Waals surface area contributed by atoms with Crippen molar-refractivity contribution < 1.29 is 19.1 Å². The molecule has 25 heavy (non-hydrogen) atoms. The van der Waals surface area contributed by atoms with Crippen LogP contribution in [0.2, 0.25) is 0 Å². The van der Waals surface area contributed by atoms with Crippen molar-refractivity contribution in [1.82, 2.24) is 4.98 Å². The molecule has 0 saturated heterocycles. The number of fused-ring (bicyclic) bond motifs is 1. The van der Waals surface area contributed by atoms with Crippen LogP contribution in [0.25, 0.3) is 10.2 Å². The number of aromatic nitrogens is 1. The second-order valence-corrected chi connectivity index (χ2v) is 7.85. The fraction of sp³-hybridized carbons (Fsp3) is 0.500. The molecule has 1 atom stereocenters. The van der Waals surface area contributed by atoms with Gasteiger partial charge in [-0.05, 0) is 25.0 Å². The molecule has 0 N–H and O–H groups in total. The molecule has 0 saturated carbocycles. The van der Waals surface area contributed by atoms with Crippen molar-refractivity contribution in [3.8, 4) is 0 Å². The van der Waals surface area contributed by atoms with Crippen LogP contribution in [-0.2, 0) is 19.1 Å². The maximum atomic E-state index is 12.2. The van der Waals surface area contributed by atoms with Crippen LogP contribution >= 0.6 is 23.1 Å². The number of carbonyl (C=O) groups excluding carboxylic acids is 2. The fourth-order valence-electron chi connectivity index (χ4n) is 2.09. The molecule has 2 rings (SSSR count). The van der Waals surface area contributed by atoms with Gasteiger partial charge in [-0.2, -0.15) is 0 Å².